The molecule has 7 heteroatoms. The number of aryl methyl sites for hydroxylation is 2. The van der Waals surface area contributed by atoms with E-state index in [-0.39, 0.29) is 5.91 Å². The molecule has 146 valence electrons. The average Bonchev–Trinajstić information content (AvgIpc) is 3.40. The zero-order valence-electron chi connectivity index (χ0n) is 16.0. The van der Waals surface area contributed by atoms with Gasteiger partial charge in [-0.3, -0.25) is 9.69 Å². The van der Waals surface area contributed by atoms with Crippen molar-refractivity contribution in [2.24, 2.45) is 0 Å². The van der Waals surface area contributed by atoms with Crippen molar-refractivity contribution in [3.63, 3.8) is 0 Å². The summed E-state index contributed by atoms with van der Waals surface area (Å²) >= 11 is 1.60. The highest BCUT2D eigenvalue weighted by molar-refractivity contribution is 7.13. The third kappa shape index (κ3) is 4.66. The minimum absolute atomic E-state index is 0.234. The molecule has 3 aromatic rings. The van der Waals surface area contributed by atoms with E-state index in [4.69, 9.17) is 4.52 Å². The minimum atomic E-state index is 0.234. The van der Waals surface area contributed by atoms with E-state index in [9.17, 15) is 4.79 Å². The number of amides is 1. The second-order valence-electron chi connectivity index (χ2n) is 7.13. The summed E-state index contributed by atoms with van der Waals surface area (Å²) in [6.07, 6.45) is 1.36. The quantitative estimate of drug-likeness (QED) is 0.639. The van der Waals surface area contributed by atoms with Crippen molar-refractivity contribution in [3.8, 4) is 10.7 Å². The van der Waals surface area contributed by atoms with Gasteiger partial charge in [0.1, 0.15) is 0 Å². The first-order valence-electron chi connectivity index (χ1n) is 9.59. The molecule has 6 nitrogen and oxygen atoms in total. The van der Waals surface area contributed by atoms with E-state index in [1.165, 1.54) is 11.1 Å². The van der Waals surface area contributed by atoms with Crippen molar-refractivity contribution in [2.45, 2.75) is 26.3 Å². The molecule has 0 unspecified atom stereocenters. The van der Waals surface area contributed by atoms with E-state index in [0.717, 1.165) is 37.5 Å². The molecule has 1 aromatic carbocycles. The van der Waals surface area contributed by atoms with Crippen molar-refractivity contribution in [1.29, 1.82) is 0 Å². The van der Waals surface area contributed by atoms with Crippen LogP contribution >= 0.6 is 11.3 Å². The van der Waals surface area contributed by atoms with Crippen molar-refractivity contribution in [2.75, 3.05) is 26.2 Å². The molecule has 1 aliphatic heterocycles. The first-order chi connectivity index (χ1) is 13.7. The summed E-state index contributed by atoms with van der Waals surface area (Å²) in [5, 5.41) is 6.06. The highest BCUT2D eigenvalue weighted by Crippen LogP contribution is 2.21. The number of benzene rings is 1. The maximum absolute atomic E-state index is 12.5. The molecule has 2 aromatic heterocycles. The molecule has 3 heterocycles. The third-order valence-corrected chi connectivity index (χ3v) is 5.91. The monoisotopic (exact) mass is 396 g/mol. The van der Waals surface area contributed by atoms with Crippen LogP contribution in [0.4, 0.5) is 0 Å². The van der Waals surface area contributed by atoms with Crippen LogP contribution in [0.5, 0.6) is 0 Å². The van der Waals surface area contributed by atoms with Gasteiger partial charge < -0.3 is 9.42 Å². The van der Waals surface area contributed by atoms with Gasteiger partial charge in [-0.15, -0.1) is 11.3 Å². The third-order valence-electron chi connectivity index (χ3n) is 5.04. The Hall–Kier alpha value is -2.51. The number of aromatic nitrogens is 2. The molecule has 1 amide bonds. The lowest BCUT2D eigenvalue weighted by atomic mass is 10.1. The second kappa shape index (κ2) is 8.67. The first-order valence-corrected chi connectivity index (χ1v) is 10.5. The van der Waals surface area contributed by atoms with E-state index in [1.807, 2.05) is 22.4 Å². The lowest BCUT2D eigenvalue weighted by Crippen LogP contribution is -2.48. The second-order valence-corrected chi connectivity index (χ2v) is 8.08. The zero-order valence-corrected chi connectivity index (χ0v) is 16.8. The van der Waals surface area contributed by atoms with Gasteiger partial charge in [0.2, 0.25) is 17.6 Å². The summed E-state index contributed by atoms with van der Waals surface area (Å²) in [5.41, 5.74) is 2.46. The number of carbonyl (C=O) groups excluding carboxylic acids is 1. The Labute approximate surface area is 168 Å². The fourth-order valence-corrected chi connectivity index (χ4v) is 3.98. The van der Waals surface area contributed by atoms with Crippen molar-refractivity contribution >= 4 is 17.2 Å². The first kappa shape index (κ1) is 18.8. The number of carbonyl (C=O) groups is 1. The SMILES string of the molecule is Cc1ccc(CCC(=O)N2CCN(Cc3nc(-c4cccs4)no3)CC2)cc1. The summed E-state index contributed by atoms with van der Waals surface area (Å²) in [6, 6.07) is 12.4. The summed E-state index contributed by atoms with van der Waals surface area (Å²) in [7, 11) is 0. The van der Waals surface area contributed by atoms with Crippen molar-refractivity contribution in [1.82, 2.24) is 19.9 Å². The molecular weight excluding hydrogens is 372 g/mol. The fraction of sp³-hybridized carbons (Fsp3) is 0.381. The molecule has 4 rings (SSSR count). The standard InChI is InChI=1S/C21H24N4O2S/c1-16-4-6-17(7-5-16)8-9-20(26)25-12-10-24(11-13-25)15-19-22-21(23-27-19)18-3-2-14-28-18/h2-7,14H,8-13,15H2,1H3. The predicted molar refractivity (Wildman–Crippen MR) is 109 cm³/mol. The van der Waals surface area contributed by atoms with Crippen LogP contribution in [-0.2, 0) is 17.8 Å². The summed E-state index contributed by atoms with van der Waals surface area (Å²) < 4.78 is 5.38. The Morgan fingerprint density at radius 2 is 1.93 bits per heavy atom. The van der Waals surface area contributed by atoms with Crippen LogP contribution in [0, 0.1) is 6.92 Å². The van der Waals surface area contributed by atoms with Crippen LogP contribution in [0.25, 0.3) is 10.7 Å². The fourth-order valence-electron chi connectivity index (χ4n) is 3.34. The summed E-state index contributed by atoms with van der Waals surface area (Å²) in [5.74, 6) is 1.51. The lowest BCUT2D eigenvalue weighted by Gasteiger charge is -2.34. The van der Waals surface area contributed by atoms with Gasteiger partial charge in [0.15, 0.2) is 0 Å². The molecule has 0 spiro atoms. The molecule has 0 atom stereocenters. The van der Waals surface area contributed by atoms with Gasteiger partial charge in [-0.2, -0.15) is 4.98 Å². The van der Waals surface area contributed by atoms with E-state index in [0.29, 0.717) is 24.7 Å². The van der Waals surface area contributed by atoms with Gasteiger partial charge in [0, 0.05) is 32.6 Å². The Balaban J connectivity index is 1.23. The van der Waals surface area contributed by atoms with Gasteiger partial charge in [-0.1, -0.05) is 41.1 Å². The Bertz CT molecular complexity index is 897. The minimum Gasteiger partial charge on any atom is -0.340 e. The number of piperazine rings is 1. The lowest BCUT2D eigenvalue weighted by molar-refractivity contribution is -0.133. The predicted octanol–water partition coefficient (Wildman–Crippen LogP) is 3.38. The van der Waals surface area contributed by atoms with Gasteiger partial charge >= 0.3 is 0 Å². The topological polar surface area (TPSA) is 62.5 Å². The van der Waals surface area contributed by atoms with Gasteiger partial charge in [-0.25, -0.2) is 0 Å². The Morgan fingerprint density at radius 3 is 2.64 bits per heavy atom. The molecule has 0 radical (unpaired) electrons. The maximum Gasteiger partial charge on any atom is 0.241 e. The van der Waals surface area contributed by atoms with Crippen molar-refractivity contribution in [3.05, 3.63) is 58.8 Å². The molecule has 0 bridgehead atoms. The summed E-state index contributed by atoms with van der Waals surface area (Å²) in [4.78, 5) is 22.2. The normalized spacial score (nSPS) is 15.1. The van der Waals surface area contributed by atoms with E-state index >= 15 is 0 Å². The number of thiophene rings is 1. The zero-order chi connectivity index (χ0) is 19.3. The van der Waals surface area contributed by atoms with Crippen LogP contribution in [0.15, 0.2) is 46.3 Å². The number of rotatable bonds is 6. The molecule has 1 aliphatic rings. The molecule has 0 saturated carbocycles. The van der Waals surface area contributed by atoms with E-state index < -0.39 is 0 Å². The number of hydrogen-bond acceptors (Lipinski definition) is 6. The Kier molecular flexibility index (Phi) is 5.83. The average molecular weight is 397 g/mol. The van der Waals surface area contributed by atoms with Crippen LogP contribution in [-0.4, -0.2) is 52.0 Å². The van der Waals surface area contributed by atoms with Gasteiger partial charge in [0.25, 0.3) is 0 Å². The largest absolute Gasteiger partial charge is 0.340 e. The van der Waals surface area contributed by atoms with Crippen LogP contribution in [0.1, 0.15) is 23.4 Å². The molecule has 28 heavy (non-hydrogen) atoms. The van der Waals surface area contributed by atoms with Crippen LogP contribution < -0.4 is 0 Å². The highest BCUT2D eigenvalue weighted by Gasteiger charge is 2.22. The van der Waals surface area contributed by atoms with Crippen LogP contribution in [0.2, 0.25) is 0 Å². The number of nitrogens with zero attached hydrogens (tertiary/aromatic N) is 4. The smallest absolute Gasteiger partial charge is 0.241 e. The van der Waals surface area contributed by atoms with Crippen molar-refractivity contribution < 1.29 is 9.32 Å². The highest BCUT2D eigenvalue weighted by atomic mass is 32.1. The Morgan fingerprint density at radius 1 is 1.14 bits per heavy atom. The van der Waals surface area contributed by atoms with E-state index in [2.05, 4.69) is 46.2 Å². The summed E-state index contributed by atoms with van der Waals surface area (Å²) in [6.45, 7) is 5.85. The molecule has 1 saturated heterocycles. The van der Waals surface area contributed by atoms with Crippen LogP contribution in [0.3, 0.4) is 0 Å². The molecule has 1 fully saturated rings. The molecule has 0 aliphatic carbocycles. The maximum atomic E-state index is 12.5. The number of hydrogen-bond donors (Lipinski definition) is 0. The van der Waals surface area contributed by atoms with Gasteiger partial charge in [-0.05, 0) is 30.4 Å². The molecule has 0 N–H and O–H groups in total. The van der Waals surface area contributed by atoms with E-state index in [1.54, 1.807) is 11.3 Å². The molecular formula is C21H24N4O2S. The van der Waals surface area contributed by atoms with Gasteiger partial charge in [0.05, 0.1) is 11.4 Å².